The Balaban J connectivity index is 1.67. The van der Waals surface area contributed by atoms with Crippen molar-refractivity contribution < 1.29 is 9.59 Å². The number of nitrogens with one attached hydrogen (secondary N) is 2. The molecule has 0 radical (unpaired) electrons. The maximum atomic E-state index is 12.9. The first-order valence-corrected chi connectivity index (χ1v) is 12.1. The van der Waals surface area contributed by atoms with Gasteiger partial charge in [-0.15, -0.1) is 23.1 Å². The van der Waals surface area contributed by atoms with Crippen LogP contribution in [-0.2, 0) is 9.59 Å². The lowest BCUT2D eigenvalue weighted by atomic mass is 10.1. The molecule has 0 spiro atoms. The fraction of sp³-hybridized carbons (Fsp3) is 0.292. The fourth-order valence-corrected chi connectivity index (χ4v) is 4.94. The zero-order valence-electron chi connectivity index (χ0n) is 18.0. The van der Waals surface area contributed by atoms with E-state index >= 15 is 0 Å². The monoisotopic (exact) mass is 453 g/mol. The molecule has 5 nitrogen and oxygen atoms in total. The average Bonchev–Trinajstić information content (AvgIpc) is 3.12. The SMILES string of the molecule is CCCC(=O)Nc1cccc(SC(CC)C(=O)Nc2nc(-c3ccccc3)c(C)s2)c1. The van der Waals surface area contributed by atoms with Crippen LogP contribution in [0.1, 0.15) is 38.0 Å². The van der Waals surface area contributed by atoms with Crippen molar-refractivity contribution in [2.45, 2.75) is 50.2 Å². The summed E-state index contributed by atoms with van der Waals surface area (Å²) < 4.78 is 0. The third-order valence-corrected chi connectivity index (χ3v) is 6.85. The van der Waals surface area contributed by atoms with E-state index < -0.39 is 0 Å². The zero-order chi connectivity index (χ0) is 22.2. The molecule has 7 heteroatoms. The lowest BCUT2D eigenvalue weighted by Gasteiger charge is -2.14. The molecule has 1 unspecified atom stereocenters. The molecule has 162 valence electrons. The molecule has 0 aliphatic heterocycles. The molecule has 2 aromatic carbocycles. The molecule has 1 heterocycles. The van der Waals surface area contributed by atoms with Gasteiger partial charge in [-0.3, -0.25) is 9.59 Å². The molecule has 2 amide bonds. The Labute approximate surface area is 191 Å². The number of carbonyl (C=O) groups is 2. The second-order valence-electron chi connectivity index (χ2n) is 7.12. The van der Waals surface area contributed by atoms with Gasteiger partial charge in [-0.1, -0.05) is 50.2 Å². The van der Waals surface area contributed by atoms with Crippen molar-refractivity contribution in [3.05, 3.63) is 59.5 Å². The molecule has 0 aliphatic carbocycles. The number of thiazole rings is 1. The normalized spacial score (nSPS) is 11.7. The van der Waals surface area contributed by atoms with Gasteiger partial charge in [0.05, 0.1) is 10.9 Å². The van der Waals surface area contributed by atoms with Gasteiger partial charge in [-0.25, -0.2) is 4.98 Å². The third-order valence-electron chi connectivity index (χ3n) is 4.61. The van der Waals surface area contributed by atoms with E-state index in [9.17, 15) is 9.59 Å². The average molecular weight is 454 g/mol. The molecule has 1 aromatic heterocycles. The summed E-state index contributed by atoms with van der Waals surface area (Å²) >= 11 is 2.98. The van der Waals surface area contributed by atoms with Crippen molar-refractivity contribution >= 4 is 45.7 Å². The number of aromatic nitrogens is 1. The molecule has 3 aromatic rings. The summed E-state index contributed by atoms with van der Waals surface area (Å²) in [5, 5.41) is 6.25. The highest BCUT2D eigenvalue weighted by molar-refractivity contribution is 8.00. The van der Waals surface area contributed by atoms with Gasteiger partial charge in [0, 0.05) is 27.4 Å². The number of thioether (sulfide) groups is 1. The molecule has 2 N–H and O–H groups in total. The van der Waals surface area contributed by atoms with E-state index in [1.807, 2.05) is 75.4 Å². The van der Waals surface area contributed by atoms with Crippen molar-refractivity contribution in [3.8, 4) is 11.3 Å². The van der Waals surface area contributed by atoms with Crippen molar-refractivity contribution in [3.63, 3.8) is 0 Å². The Bertz CT molecular complexity index is 1030. The summed E-state index contributed by atoms with van der Waals surface area (Å²) in [4.78, 5) is 31.4. The number of hydrogen-bond donors (Lipinski definition) is 2. The Morgan fingerprint density at radius 3 is 2.55 bits per heavy atom. The maximum Gasteiger partial charge on any atom is 0.239 e. The first-order chi connectivity index (χ1) is 15.0. The molecule has 1 atom stereocenters. The number of carbonyl (C=O) groups excluding carboxylic acids is 2. The van der Waals surface area contributed by atoms with E-state index in [0.29, 0.717) is 18.0 Å². The van der Waals surface area contributed by atoms with Crippen molar-refractivity contribution in [1.82, 2.24) is 4.98 Å². The highest BCUT2D eigenvalue weighted by Crippen LogP contribution is 2.32. The van der Waals surface area contributed by atoms with Crippen LogP contribution in [0, 0.1) is 6.92 Å². The third kappa shape index (κ3) is 6.42. The molecule has 31 heavy (non-hydrogen) atoms. The number of amides is 2. The number of benzene rings is 2. The molecule has 0 fully saturated rings. The molecule has 0 bridgehead atoms. The van der Waals surface area contributed by atoms with Crippen LogP contribution in [0.25, 0.3) is 11.3 Å². The van der Waals surface area contributed by atoms with Gasteiger partial charge in [0.1, 0.15) is 0 Å². The van der Waals surface area contributed by atoms with Gasteiger partial charge >= 0.3 is 0 Å². The quantitative estimate of drug-likeness (QED) is 0.370. The predicted octanol–water partition coefficient (Wildman–Crippen LogP) is 6.37. The van der Waals surface area contributed by atoms with Gasteiger partial charge in [0.25, 0.3) is 0 Å². The minimum atomic E-state index is -0.258. The summed E-state index contributed by atoms with van der Waals surface area (Å²) in [6.07, 6.45) is 1.98. The van der Waals surface area contributed by atoms with Crippen LogP contribution >= 0.6 is 23.1 Å². The van der Waals surface area contributed by atoms with Crippen LogP contribution in [0.15, 0.2) is 59.5 Å². The van der Waals surface area contributed by atoms with Gasteiger partial charge in [0.15, 0.2) is 5.13 Å². The van der Waals surface area contributed by atoms with E-state index in [1.54, 1.807) is 0 Å². The Hall–Kier alpha value is -2.64. The Morgan fingerprint density at radius 1 is 1.06 bits per heavy atom. The molecular formula is C24H27N3O2S2. The largest absolute Gasteiger partial charge is 0.326 e. The van der Waals surface area contributed by atoms with Crippen LogP contribution in [-0.4, -0.2) is 22.0 Å². The predicted molar refractivity (Wildman–Crippen MR) is 131 cm³/mol. The van der Waals surface area contributed by atoms with Crippen molar-refractivity contribution in [2.75, 3.05) is 10.6 Å². The number of rotatable bonds is 9. The first-order valence-electron chi connectivity index (χ1n) is 10.4. The van der Waals surface area contributed by atoms with E-state index in [4.69, 9.17) is 0 Å². The van der Waals surface area contributed by atoms with Crippen LogP contribution in [0.2, 0.25) is 0 Å². The van der Waals surface area contributed by atoms with E-state index in [0.717, 1.165) is 33.1 Å². The Morgan fingerprint density at radius 2 is 1.84 bits per heavy atom. The molecular weight excluding hydrogens is 426 g/mol. The lowest BCUT2D eigenvalue weighted by Crippen LogP contribution is -2.24. The number of aryl methyl sites for hydroxylation is 1. The van der Waals surface area contributed by atoms with E-state index in [2.05, 4.69) is 15.6 Å². The minimum Gasteiger partial charge on any atom is -0.326 e. The second kappa shape index (κ2) is 11.1. The zero-order valence-corrected chi connectivity index (χ0v) is 19.6. The summed E-state index contributed by atoms with van der Waals surface area (Å²) in [5.74, 6) is -0.0657. The van der Waals surface area contributed by atoms with Gasteiger partial charge in [0.2, 0.25) is 11.8 Å². The lowest BCUT2D eigenvalue weighted by molar-refractivity contribution is -0.116. The van der Waals surface area contributed by atoms with E-state index in [-0.39, 0.29) is 17.1 Å². The highest BCUT2D eigenvalue weighted by atomic mass is 32.2. The summed E-state index contributed by atoms with van der Waals surface area (Å²) in [5.41, 5.74) is 2.69. The summed E-state index contributed by atoms with van der Waals surface area (Å²) in [6, 6.07) is 17.6. The minimum absolute atomic E-state index is 0.00259. The van der Waals surface area contributed by atoms with E-state index in [1.165, 1.54) is 23.1 Å². The summed E-state index contributed by atoms with van der Waals surface area (Å²) in [7, 11) is 0. The Kier molecular flexibility index (Phi) is 8.26. The van der Waals surface area contributed by atoms with Gasteiger partial charge in [-0.05, 0) is 38.0 Å². The van der Waals surface area contributed by atoms with Gasteiger partial charge < -0.3 is 10.6 Å². The maximum absolute atomic E-state index is 12.9. The molecule has 0 saturated carbocycles. The van der Waals surface area contributed by atoms with Crippen LogP contribution in [0.3, 0.4) is 0 Å². The topological polar surface area (TPSA) is 71.1 Å². The van der Waals surface area contributed by atoms with Gasteiger partial charge in [-0.2, -0.15) is 0 Å². The fourth-order valence-electron chi connectivity index (χ4n) is 3.08. The number of anilines is 2. The highest BCUT2D eigenvalue weighted by Gasteiger charge is 2.20. The van der Waals surface area contributed by atoms with Crippen molar-refractivity contribution in [2.24, 2.45) is 0 Å². The molecule has 3 rings (SSSR count). The van der Waals surface area contributed by atoms with Crippen LogP contribution < -0.4 is 10.6 Å². The number of nitrogens with zero attached hydrogens (tertiary/aromatic N) is 1. The van der Waals surface area contributed by atoms with Crippen LogP contribution in [0.4, 0.5) is 10.8 Å². The number of hydrogen-bond acceptors (Lipinski definition) is 5. The summed E-state index contributed by atoms with van der Waals surface area (Å²) in [6.45, 7) is 5.98. The molecule has 0 saturated heterocycles. The second-order valence-corrected chi connectivity index (χ2v) is 9.60. The molecule has 0 aliphatic rings. The van der Waals surface area contributed by atoms with Crippen molar-refractivity contribution in [1.29, 1.82) is 0 Å². The smallest absolute Gasteiger partial charge is 0.239 e. The van der Waals surface area contributed by atoms with Crippen LogP contribution in [0.5, 0.6) is 0 Å². The standard InChI is InChI=1S/C24H27N3O2S2/c1-4-10-21(28)25-18-13-9-14-19(15-18)31-20(5-2)23(29)27-24-26-22(16(3)30-24)17-11-7-6-8-12-17/h6-9,11-15,20H,4-5,10H2,1-3H3,(H,25,28)(H,26,27,29). The first kappa shape index (κ1) is 23.0.